The smallest absolute Gasteiger partial charge is 0.415 e. The van der Waals surface area contributed by atoms with Gasteiger partial charge in [-0.1, -0.05) is 22.0 Å². The molecule has 0 fully saturated rings. The number of rotatable bonds is 3. The van der Waals surface area contributed by atoms with Gasteiger partial charge in [0.2, 0.25) is 0 Å². The van der Waals surface area contributed by atoms with E-state index in [-0.39, 0.29) is 11.3 Å². The van der Waals surface area contributed by atoms with Crippen LogP contribution in [-0.2, 0) is 9.84 Å². The van der Waals surface area contributed by atoms with Crippen molar-refractivity contribution in [1.82, 2.24) is 4.57 Å². The molecule has 0 saturated heterocycles. The summed E-state index contributed by atoms with van der Waals surface area (Å²) in [7, 11) is -3.94. The number of aryl methyl sites for hydroxylation is 1. The fourth-order valence-corrected chi connectivity index (χ4v) is 3.57. The van der Waals surface area contributed by atoms with E-state index in [0.29, 0.717) is 16.2 Å². The predicted octanol–water partition coefficient (Wildman–Crippen LogP) is 3.85. The number of hydrogen-bond donors (Lipinski definition) is 0. The third-order valence-electron chi connectivity index (χ3n) is 3.81. The molecule has 136 valence electrons. The largest absolute Gasteiger partial charge is 0.424 e. The fourth-order valence-electron chi connectivity index (χ4n) is 2.47. The molecule has 2 aromatic carbocycles. The minimum absolute atomic E-state index is 0.0396. The van der Waals surface area contributed by atoms with Crippen molar-refractivity contribution < 1.29 is 21.6 Å². The average molecular weight is 444 g/mol. The van der Waals surface area contributed by atoms with Gasteiger partial charge in [-0.05, 0) is 36.8 Å². The van der Waals surface area contributed by atoms with Gasteiger partial charge < -0.3 is 4.42 Å². The Bertz CT molecular complexity index is 1180. The zero-order valence-corrected chi connectivity index (χ0v) is 16.0. The number of aromatic nitrogens is 1. The van der Waals surface area contributed by atoms with E-state index in [9.17, 15) is 22.0 Å². The Labute approximate surface area is 155 Å². The van der Waals surface area contributed by atoms with Crippen molar-refractivity contribution in [3.63, 3.8) is 0 Å². The van der Waals surface area contributed by atoms with E-state index < -0.39 is 32.1 Å². The second-order valence-electron chi connectivity index (χ2n) is 5.69. The second-order valence-corrected chi connectivity index (χ2v) is 8.53. The molecule has 9 heteroatoms. The molecule has 0 amide bonds. The van der Waals surface area contributed by atoms with Crippen molar-refractivity contribution in [2.45, 2.75) is 11.8 Å². The Hall–Kier alpha value is -2.26. The molecular weight excluding hydrogens is 432 g/mol. The first-order valence-electron chi connectivity index (χ1n) is 7.26. The minimum atomic E-state index is -3.94. The van der Waals surface area contributed by atoms with Crippen LogP contribution in [0.5, 0.6) is 0 Å². The van der Waals surface area contributed by atoms with E-state index in [0.717, 1.165) is 28.7 Å². The van der Waals surface area contributed by atoms with Gasteiger partial charge in [-0.15, -0.1) is 0 Å². The molecule has 0 N–H and O–H groups in total. The number of nitrogens with zero attached hydrogens (tertiary/aromatic N) is 1. The van der Waals surface area contributed by atoms with Gasteiger partial charge in [-0.3, -0.25) is 0 Å². The lowest BCUT2D eigenvalue weighted by Crippen LogP contribution is -2.14. The topological polar surface area (TPSA) is 69.3 Å². The van der Waals surface area contributed by atoms with Crippen molar-refractivity contribution in [2.24, 2.45) is 0 Å². The SMILES string of the molecule is Cc1ccc(-n2c(-c3cc(F)c(S(C)(=O)=O)cc3F)coc2=O)cc1Br. The summed E-state index contributed by atoms with van der Waals surface area (Å²) in [4.78, 5) is 11.3. The molecule has 26 heavy (non-hydrogen) atoms. The first-order chi connectivity index (χ1) is 12.1. The molecule has 5 nitrogen and oxygen atoms in total. The van der Waals surface area contributed by atoms with E-state index >= 15 is 0 Å². The summed E-state index contributed by atoms with van der Waals surface area (Å²) in [5.41, 5.74) is 0.962. The Balaban J connectivity index is 2.26. The third kappa shape index (κ3) is 3.24. The Kier molecular flexibility index (Phi) is 4.61. The van der Waals surface area contributed by atoms with Crippen LogP contribution in [0.2, 0.25) is 0 Å². The summed E-state index contributed by atoms with van der Waals surface area (Å²) >= 11 is 3.35. The van der Waals surface area contributed by atoms with Crippen molar-refractivity contribution in [2.75, 3.05) is 6.26 Å². The maximum atomic E-state index is 14.5. The molecule has 1 heterocycles. The summed E-state index contributed by atoms with van der Waals surface area (Å²) < 4.78 is 58.4. The van der Waals surface area contributed by atoms with Gasteiger partial charge >= 0.3 is 5.76 Å². The Morgan fingerprint density at radius 3 is 2.42 bits per heavy atom. The van der Waals surface area contributed by atoms with Gasteiger partial charge in [-0.2, -0.15) is 0 Å². The highest BCUT2D eigenvalue weighted by molar-refractivity contribution is 9.10. The van der Waals surface area contributed by atoms with E-state index in [1.54, 1.807) is 18.2 Å². The van der Waals surface area contributed by atoms with Gasteiger partial charge in [0.1, 0.15) is 22.8 Å². The highest BCUT2D eigenvalue weighted by atomic mass is 79.9. The summed E-state index contributed by atoms with van der Waals surface area (Å²) in [6, 6.07) is 6.32. The number of benzene rings is 2. The van der Waals surface area contributed by atoms with Gasteiger partial charge in [0.15, 0.2) is 9.84 Å². The van der Waals surface area contributed by atoms with Crippen LogP contribution in [0.3, 0.4) is 0 Å². The summed E-state index contributed by atoms with van der Waals surface area (Å²) in [5.74, 6) is -2.90. The molecule has 0 radical (unpaired) electrons. The van der Waals surface area contributed by atoms with Crippen LogP contribution in [-0.4, -0.2) is 19.2 Å². The zero-order valence-electron chi connectivity index (χ0n) is 13.6. The average Bonchev–Trinajstić information content (AvgIpc) is 2.92. The molecule has 0 bridgehead atoms. The lowest BCUT2D eigenvalue weighted by molar-refractivity contribution is 0.504. The lowest BCUT2D eigenvalue weighted by atomic mass is 10.1. The maximum absolute atomic E-state index is 14.5. The zero-order chi connectivity index (χ0) is 19.2. The first kappa shape index (κ1) is 18.5. The number of oxazole rings is 1. The maximum Gasteiger partial charge on any atom is 0.424 e. The fraction of sp³-hybridized carbons (Fsp3) is 0.118. The quantitative estimate of drug-likeness (QED) is 0.616. The molecular formula is C17H12BrF2NO4S. The molecule has 3 aromatic rings. The van der Waals surface area contributed by atoms with Crippen LogP contribution in [0.25, 0.3) is 16.9 Å². The van der Waals surface area contributed by atoms with E-state index in [2.05, 4.69) is 15.9 Å². The first-order valence-corrected chi connectivity index (χ1v) is 9.94. The molecule has 0 saturated carbocycles. The molecule has 0 atom stereocenters. The highest BCUT2D eigenvalue weighted by Crippen LogP contribution is 2.29. The van der Waals surface area contributed by atoms with Crippen molar-refractivity contribution in [3.8, 4) is 16.9 Å². The Morgan fingerprint density at radius 1 is 1.12 bits per heavy atom. The summed E-state index contributed by atoms with van der Waals surface area (Å²) in [6.45, 7) is 1.85. The van der Waals surface area contributed by atoms with Crippen LogP contribution >= 0.6 is 15.9 Å². The van der Waals surface area contributed by atoms with Gasteiger partial charge in [0.25, 0.3) is 0 Å². The van der Waals surface area contributed by atoms with Gasteiger partial charge in [-0.25, -0.2) is 26.6 Å². The van der Waals surface area contributed by atoms with Crippen molar-refractivity contribution in [1.29, 1.82) is 0 Å². The van der Waals surface area contributed by atoms with Crippen LogP contribution in [0, 0.1) is 18.6 Å². The van der Waals surface area contributed by atoms with E-state index in [1.807, 2.05) is 6.92 Å². The third-order valence-corrected chi connectivity index (χ3v) is 5.77. The highest BCUT2D eigenvalue weighted by Gasteiger charge is 2.22. The number of hydrogen-bond acceptors (Lipinski definition) is 4. The van der Waals surface area contributed by atoms with Crippen molar-refractivity contribution in [3.05, 3.63) is 68.8 Å². The molecule has 0 unspecified atom stereocenters. The van der Waals surface area contributed by atoms with Gasteiger partial charge in [0.05, 0.1) is 11.4 Å². The number of halogens is 3. The molecule has 0 aliphatic heterocycles. The van der Waals surface area contributed by atoms with Crippen molar-refractivity contribution >= 4 is 25.8 Å². The predicted molar refractivity (Wildman–Crippen MR) is 95.2 cm³/mol. The second kappa shape index (κ2) is 6.48. The van der Waals surface area contributed by atoms with Crippen LogP contribution in [0.4, 0.5) is 8.78 Å². The minimum Gasteiger partial charge on any atom is -0.415 e. The van der Waals surface area contributed by atoms with Crippen LogP contribution in [0.15, 0.2) is 55.2 Å². The normalized spacial score (nSPS) is 11.7. The molecule has 3 rings (SSSR count). The Morgan fingerprint density at radius 2 is 1.81 bits per heavy atom. The lowest BCUT2D eigenvalue weighted by Gasteiger charge is -2.10. The molecule has 0 aliphatic carbocycles. The number of sulfone groups is 1. The standard InChI is InChI=1S/C17H12BrF2NO4S/c1-9-3-4-10(5-12(9)18)21-15(8-25-17(21)22)11-6-14(20)16(7-13(11)19)26(2,23)24/h3-8H,1-2H3. The van der Waals surface area contributed by atoms with Crippen LogP contribution in [0.1, 0.15) is 5.56 Å². The molecule has 0 spiro atoms. The molecule has 1 aromatic heterocycles. The summed E-state index contributed by atoms with van der Waals surface area (Å²) in [6.07, 6.45) is 1.77. The molecule has 0 aliphatic rings. The monoisotopic (exact) mass is 443 g/mol. The van der Waals surface area contributed by atoms with E-state index in [1.165, 1.54) is 0 Å². The van der Waals surface area contributed by atoms with Crippen LogP contribution < -0.4 is 5.76 Å². The van der Waals surface area contributed by atoms with E-state index in [4.69, 9.17) is 4.42 Å². The van der Waals surface area contributed by atoms with Gasteiger partial charge in [0, 0.05) is 16.3 Å². The summed E-state index contributed by atoms with van der Waals surface area (Å²) in [5, 5.41) is 0.